The van der Waals surface area contributed by atoms with Crippen LogP contribution >= 0.6 is 11.6 Å². The zero-order chi connectivity index (χ0) is 12.3. The van der Waals surface area contributed by atoms with Crippen LogP contribution in [0, 0.1) is 19.8 Å². The van der Waals surface area contributed by atoms with Gasteiger partial charge in [-0.05, 0) is 42.5 Å². The minimum atomic E-state index is 0.357. The predicted molar refractivity (Wildman–Crippen MR) is 70.8 cm³/mol. The fourth-order valence-corrected chi connectivity index (χ4v) is 2.42. The molecule has 0 radical (unpaired) electrons. The summed E-state index contributed by atoms with van der Waals surface area (Å²) in [5.41, 5.74) is 3.79. The first kappa shape index (κ1) is 13.4. The molecule has 0 aliphatic heterocycles. The van der Waals surface area contributed by atoms with E-state index in [1.807, 2.05) is 0 Å². The Labute approximate surface area is 104 Å². The number of halogens is 1. The Morgan fingerprint density at radius 2 is 1.75 bits per heavy atom. The first-order valence-corrected chi connectivity index (χ1v) is 6.25. The van der Waals surface area contributed by atoms with E-state index in [1.165, 1.54) is 16.7 Å². The van der Waals surface area contributed by atoms with E-state index in [9.17, 15) is 0 Å². The van der Waals surface area contributed by atoms with E-state index in [4.69, 9.17) is 16.3 Å². The quantitative estimate of drug-likeness (QED) is 0.714. The molecule has 0 heterocycles. The van der Waals surface area contributed by atoms with Gasteiger partial charge in [-0.3, -0.25) is 0 Å². The molecule has 0 saturated carbocycles. The molecular weight excluding hydrogens is 220 g/mol. The molecule has 0 bridgehead atoms. The number of alkyl halides is 1. The number of hydrogen-bond donors (Lipinski definition) is 0. The standard InChI is InChI=1S/C14H21ClO/c1-9(2)13(8-15)12-6-10(3)11(4)7-14(12)16-5/h6-7,9,13H,8H2,1-5H3. The van der Waals surface area contributed by atoms with Gasteiger partial charge in [0.2, 0.25) is 0 Å². The molecule has 1 atom stereocenters. The Morgan fingerprint density at radius 1 is 1.19 bits per heavy atom. The van der Waals surface area contributed by atoms with Crippen molar-refractivity contribution in [3.63, 3.8) is 0 Å². The average molecular weight is 241 g/mol. The van der Waals surface area contributed by atoms with Crippen LogP contribution in [-0.2, 0) is 0 Å². The Balaban J connectivity index is 3.24. The second kappa shape index (κ2) is 5.58. The summed E-state index contributed by atoms with van der Waals surface area (Å²) in [5, 5.41) is 0. The minimum Gasteiger partial charge on any atom is -0.496 e. The van der Waals surface area contributed by atoms with Crippen LogP contribution in [0.4, 0.5) is 0 Å². The molecule has 1 unspecified atom stereocenters. The lowest BCUT2D eigenvalue weighted by molar-refractivity contribution is 0.399. The summed E-state index contributed by atoms with van der Waals surface area (Å²) in [6.07, 6.45) is 0. The molecule has 1 nitrogen and oxygen atoms in total. The normalized spacial score (nSPS) is 12.9. The number of ether oxygens (including phenoxy) is 1. The van der Waals surface area contributed by atoms with Crippen LogP contribution in [0.3, 0.4) is 0 Å². The molecule has 0 aliphatic rings. The van der Waals surface area contributed by atoms with Gasteiger partial charge >= 0.3 is 0 Å². The maximum Gasteiger partial charge on any atom is 0.122 e. The van der Waals surface area contributed by atoms with Gasteiger partial charge < -0.3 is 4.74 Å². The van der Waals surface area contributed by atoms with Gasteiger partial charge in [0, 0.05) is 11.8 Å². The third-order valence-electron chi connectivity index (χ3n) is 3.22. The van der Waals surface area contributed by atoms with Gasteiger partial charge in [-0.25, -0.2) is 0 Å². The first-order valence-electron chi connectivity index (χ1n) is 5.72. The molecule has 1 aromatic rings. The van der Waals surface area contributed by atoms with Crippen LogP contribution in [-0.4, -0.2) is 13.0 Å². The zero-order valence-electron chi connectivity index (χ0n) is 10.8. The third kappa shape index (κ3) is 2.70. The van der Waals surface area contributed by atoms with Crippen molar-refractivity contribution in [1.29, 1.82) is 0 Å². The zero-order valence-corrected chi connectivity index (χ0v) is 11.6. The minimum absolute atomic E-state index is 0.357. The van der Waals surface area contributed by atoms with Crippen molar-refractivity contribution in [1.82, 2.24) is 0 Å². The summed E-state index contributed by atoms with van der Waals surface area (Å²) in [7, 11) is 1.72. The Morgan fingerprint density at radius 3 is 2.19 bits per heavy atom. The number of rotatable bonds is 4. The van der Waals surface area contributed by atoms with Crippen molar-refractivity contribution in [2.45, 2.75) is 33.6 Å². The summed E-state index contributed by atoms with van der Waals surface area (Å²) in [6, 6.07) is 4.31. The van der Waals surface area contributed by atoms with Crippen molar-refractivity contribution in [3.05, 3.63) is 28.8 Å². The van der Waals surface area contributed by atoms with Gasteiger partial charge in [0.1, 0.15) is 5.75 Å². The molecule has 0 N–H and O–H groups in total. The van der Waals surface area contributed by atoms with Gasteiger partial charge in [0.15, 0.2) is 0 Å². The lowest BCUT2D eigenvalue weighted by Gasteiger charge is -2.22. The highest BCUT2D eigenvalue weighted by Gasteiger charge is 2.19. The lowest BCUT2D eigenvalue weighted by atomic mass is 9.87. The molecule has 1 aromatic carbocycles. The molecule has 0 aromatic heterocycles. The average Bonchev–Trinajstić information content (AvgIpc) is 2.23. The largest absolute Gasteiger partial charge is 0.496 e. The van der Waals surface area contributed by atoms with E-state index in [1.54, 1.807) is 7.11 Å². The highest BCUT2D eigenvalue weighted by atomic mass is 35.5. The molecule has 0 aliphatic carbocycles. The lowest BCUT2D eigenvalue weighted by Crippen LogP contribution is -2.10. The maximum atomic E-state index is 6.06. The maximum absolute atomic E-state index is 6.06. The molecule has 2 heteroatoms. The highest BCUT2D eigenvalue weighted by Crippen LogP contribution is 2.34. The van der Waals surface area contributed by atoms with Crippen molar-refractivity contribution < 1.29 is 4.74 Å². The fourth-order valence-electron chi connectivity index (χ4n) is 1.90. The molecular formula is C14H21ClO. The van der Waals surface area contributed by atoms with E-state index in [2.05, 4.69) is 39.8 Å². The summed E-state index contributed by atoms with van der Waals surface area (Å²) >= 11 is 6.06. The molecule has 16 heavy (non-hydrogen) atoms. The highest BCUT2D eigenvalue weighted by molar-refractivity contribution is 6.18. The predicted octanol–water partition coefficient (Wildman–Crippen LogP) is 4.29. The molecule has 0 spiro atoms. The van der Waals surface area contributed by atoms with E-state index >= 15 is 0 Å². The smallest absolute Gasteiger partial charge is 0.122 e. The van der Waals surface area contributed by atoms with Crippen LogP contribution in [0.2, 0.25) is 0 Å². The number of aryl methyl sites for hydroxylation is 2. The van der Waals surface area contributed by atoms with Gasteiger partial charge in [0.25, 0.3) is 0 Å². The summed E-state index contributed by atoms with van der Waals surface area (Å²) in [4.78, 5) is 0. The Hall–Kier alpha value is -0.690. The first-order chi connectivity index (χ1) is 7.51. The molecule has 1 rings (SSSR count). The van der Waals surface area contributed by atoms with Crippen LogP contribution in [0.1, 0.15) is 36.5 Å². The van der Waals surface area contributed by atoms with E-state index < -0.39 is 0 Å². The van der Waals surface area contributed by atoms with Crippen LogP contribution in [0.5, 0.6) is 5.75 Å². The van der Waals surface area contributed by atoms with Crippen molar-refractivity contribution in [2.75, 3.05) is 13.0 Å². The SMILES string of the molecule is COc1cc(C)c(C)cc1C(CCl)C(C)C. The molecule has 0 fully saturated rings. The van der Waals surface area contributed by atoms with E-state index in [0.717, 1.165) is 5.75 Å². The number of methoxy groups -OCH3 is 1. The van der Waals surface area contributed by atoms with Gasteiger partial charge in [0.05, 0.1) is 7.11 Å². The number of hydrogen-bond acceptors (Lipinski definition) is 1. The third-order valence-corrected chi connectivity index (χ3v) is 3.55. The van der Waals surface area contributed by atoms with Crippen molar-refractivity contribution in [2.24, 2.45) is 5.92 Å². The van der Waals surface area contributed by atoms with Gasteiger partial charge in [-0.1, -0.05) is 19.9 Å². The number of benzene rings is 1. The van der Waals surface area contributed by atoms with Crippen LogP contribution in [0.15, 0.2) is 12.1 Å². The Bertz CT molecular complexity index is 358. The second-order valence-electron chi connectivity index (χ2n) is 4.68. The fraction of sp³-hybridized carbons (Fsp3) is 0.571. The summed E-state index contributed by atoms with van der Waals surface area (Å²) < 4.78 is 5.46. The topological polar surface area (TPSA) is 9.23 Å². The van der Waals surface area contributed by atoms with Crippen molar-refractivity contribution >= 4 is 11.6 Å². The van der Waals surface area contributed by atoms with Gasteiger partial charge in [-0.15, -0.1) is 11.6 Å². The summed E-state index contributed by atoms with van der Waals surface area (Å²) in [6.45, 7) is 8.62. The summed E-state index contributed by atoms with van der Waals surface area (Å²) in [5.74, 6) is 2.48. The monoisotopic (exact) mass is 240 g/mol. The Kier molecular flexibility index (Phi) is 4.67. The molecule has 0 saturated heterocycles. The van der Waals surface area contributed by atoms with Gasteiger partial charge in [-0.2, -0.15) is 0 Å². The molecule has 90 valence electrons. The van der Waals surface area contributed by atoms with Crippen molar-refractivity contribution in [3.8, 4) is 5.75 Å². The molecule has 0 amide bonds. The van der Waals surface area contributed by atoms with E-state index in [0.29, 0.717) is 17.7 Å². The van der Waals surface area contributed by atoms with E-state index in [-0.39, 0.29) is 0 Å². The van der Waals surface area contributed by atoms with Crippen LogP contribution in [0.25, 0.3) is 0 Å². The second-order valence-corrected chi connectivity index (χ2v) is 4.99. The van der Waals surface area contributed by atoms with Crippen LogP contribution < -0.4 is 4.74 Å².